The Morgan fingerprint density at radius 2 is 2.00 bits per heavy atom. The number of rotatable bonds is 2. The van der Waals surface area contributed by atoms with Crippen LogP contribution in [-0.4, -0.2) is 4.98 Å². The molecule has 0 radical (unpaired) electrons. The fourth-order valence-electron chi connectivity index (χ4n) is 1.41. The minimum Gasteiger partial charge on any atom is -0.339 e. The largest absolute Gasteiger partial charge is 0.339 e. The monoisotopic (exact) mass is 277 g/mol. The first-order valence-electron chi connectivity index (χ1n) is 5.19. The molecule has 5 heteroatoms. The Bertz CT molecular complexity index is 615. The molecule has 2 aromatic rings. The van der Waals surface area contributed by atoms with Crippen molar-refractivity contribution in [2.24, 2.45) is 0 Å². The summed E-state index contributed by atoms with van der Waals surface area (Å²) in [5.41, 5.74) is 2.11. The van der Waals surface area contributed by atoms with Crippen LogP contribution in [0.4, 0.5) is 11.5 Å². The van der Waals surface area contributed by atoms with Crippen LogP contribution in [0, 0.1) is 18.3 Å². The lowest BCUT2D eigenvalue weighted by atomic mass is 10.2. The molecule has 1 N–H and O–H groups in total. The van der Waals surface area contributed by atoms with Gasteiger partial charge in [-0.3, -0.25) is 0 Å². The van der Waals surface area contributed by atoms with Gasteiger partial charge in [-0.1, -0.05) is 23.2 Å². The summed E-state index contributed by atoms with van der Waals surface area (Å²) in [6.45, 7) is 1.89. The van der Waals surface area contributed by atoms with Gasteiger partial charge in [0.25, 0.3) is 0 Å². The van der Waals surface area contributed by atoms with E-state index in [1.807, 2.05) is 13.0 Å². The lowest BCUT2D eigenvalue weighted by molar-refractivity contribution is 1.28. The average molecular weight is 278 g/mol. The van der Waals surface area contributed by atoms with Gasteiger partial charge in [0.1, 0.15) is 11.9 Å². The molecule has 1 heterocycles. The van der Waals surface area contributed by atoms with E-state index in [2.05, 4.69) is 10.3 Å². The molecule has 0 saturated carbocycles. The van der Waals surface area contributed by atoms with Gasteiger partial charge in [-0.05, 0) is 36.8 Å². The van der Waals surface area contributed by atoms with Crippen molar-refractivity contribution in [1.82, 2.24) is 4.98 Å². The van der Waals surface area contributed by atoms with Crippen LogP contribution in [0.5, 0.6) is 0 Å². The van der Waals surface area contributed by atoms with E-state index >= 15 is 0 Å². The summed E-state index contributed by atoms with van der Waals surface area (Å²) in [7, 11) is 0. The Morgan fingerprint density at radius 3 is 2.61 bits per heavy atom. The second kappa shape index (κ2) is 5.26. The highest BCUT2D eigenvalue weighted by atomic mass is 35.5. The van der Waals surface area contributed by atoms with Gasteiger partial charge in [0.05, 0.1) is 16.3 Å². The second-order valence-electron chi connectivity index (χ2n) is 3.75. The molecule has 0 bridgehead atoms. The zero-order chi connectivity index (χ0) is 13.1. The normalized spacial score (nSPS) is 9.89. The predicted octanol–water partition coefficient (Wildman–Crippen LogP) is 4.31. The minimum absolute atomic E-state index is 0.508. The van der Waals surface area contributed by atoms with E-state index in [1.165, 1.54) is 6.20 Å². The van der Waals surface area contributed by atoms with E-state index in [1.54, 1.807) is 24.3 Å². The van der Waals surface area contributed by atoms with Crippen LogP contribution in [0.25, 0.3) is 0 Å². The second-order valence-corrected chi connectivity index (χ2v) is 4.56. The molecule has 90 valence electrons. The van der Waals surface area contributed by atoms with Crippen molar-refractivity contribution < 1.29 is 0 Å². The minimum atomic E-state index is 0.508. The number of benzene rings is 1. The highest BCUT2D eigenvalue weighted by Gasteiger charge is 2.05. The quantitative estimate of drug-likeness (QED) is 0.890. The van der Waals surface area contributed by atoms with Gasteiger partial charge in [0, 0.05) is 11.2 Å². The molecule has 0 fully saturated rings. The number of aryl methyl sites for hydroxylation is 1. The molecule has 0 aliphatic rings. The average Bonchev–Trinajstić information content (AvgIpc) is 2.37. The third-order valence-corrected chi connectivity index (χ3v) is 3.12. The van der Waals surface area contributed by atoms with E-state index in [0.717, 1.165) is 5.56 Å². The van der Waals surface area contributed by atoms with Gasteiger partial charge < -0.3 is 5.32 Å². The Labute approximate surface area is 115 Å². The lowest BCUT2D eigenvalue weighted by Crippen LogP contribution is -1.95. The van der Waals surface area contributed by atoms with E-state index < -0.39 is 0 Å². The standard InChI is InChI=1S/C13H9Cl2N3/c1-8-4-11(15)12(5-10(8)14)18-13-3-2-9(6-16)7-17-13/h2-5,7H,1H3,(H,17,18). The van der Waals surface area contributed by atoms with Gasteiger partial charge in [0.15, 0.2) is 0 Å². The van der Waals surface area contributed by atoms with Gasteiger partial charge in [-0.2, -0.15) is 5.26 Å². The summed E-state index contributed by atoms with van der Waals surface area (Å²) in [5, 5.41) is 12.9. The summed E-state index contributed by atoms with van der Waals surface area (Å²) in [6, 6.07) is 8.94. The van der Waals surface area contributed by atoms with E-state index in [0.29, 0.717) is 27.1 Å². The summed E-state index contributed by atoms with van der Waals surface area (Å²) in [6.07, 6.45) is 1.49. The highest BCUT2D eigenvalue weighted by molar-refractivity contribution is 6.35. The van der Waals surface area contributed by atoms with Crippen molar-refractivity contribution in [2.75, 3.05) is 5.32 Å². The number of pyridine rings is 1. The van der Waals surface area contributed by atoms with Gasteiger partial charge in [-0.25, -0.2) is 4.98 Å². The number of anilines is 2. The summed E-state index contributed by atoms with van der Waals surface area (Å²) in [5.74, 6) is 0.607. The fourth-order valence-corrected chi connectivity index (χ4v) is 1.84. The predicted molar refractivity (Wildman–Crippen MR) is 73.4 cm³/mol. The molecule has 2 rings (SSSR count). The van der Waals surface area contributed by atoms with Crippen LogP contribution in [0.3, 0.4) is 0 Å². The molecule has 3 nitrogen and oxygen atoms in total. The Kier molecular flexibility index (Phi) is 3.71. The first-order valence-corrected chi connectivity index (χ1v) is 5.94. The molecule has 0 saturated heterocycles. The number of nitrogens with zero attached hydrogens (tertiary/aromatic N) is 2. The zero-order valence-electron chi connectivity index (χ0n) is 9.54. The maximum Gasteiger partial charge on any atom is 0.130 e. The van der Waals surface area contributed by atoms with Crippen molar-refractivity contribution >= 4 is 34.7 Å². The summed E-state index contributed by atoms with van der Waals surface area (Å²) >= 11 is 12.1. The Balaban J connectivity index is 2.28. The first-order chi connectivity index (χ1) is 8.60. The van der Waals surface area contributed by atoms with Crippen molar-refractivity contribution in [1.29, 1.82) is 5.26 Å². The molecule has 1 aromatic heterocycles. The number of hydrogen-bond donors (Lipinski definition) is 1. The molecule has 0 spiro atoms. The molecule has 0 amide bonds. The van der Waals surface area contributed by atoms with Crippen LogP contribution in [0.15, 0.2) is 30.5 Å². The zero-order valence-corrected chi connectivity index (χ0v) is 11.0. The third-order valence-electron chi connectivity index (χ3n) is 2.40. The SMILES string of the molecule is Cc1cc(Cl)c(Nc2ccc(C#N)cn2)cc1Cl. The fraction of sp³-hybridized carbons (Fsp3) is 0.0769. The molecular weight excluding hydrogens is 269 g/mol. The van der Waals surface area contributed by atoms with E-state index in [4.69, 9.17) is 28.5 Å². The number of nitrogens with one attached hydrogen (secondary N) is 1. The maximum atomic E-state index is 8.68. The van der Waals surface area contributed by atoms with Gasteiger partial charge in [-0.15, -0.1) is 0 Å². The van der Waals surface area contributed by atoms with Crippen molar-refractivity contribution in [3.63, 3.8) is 0 Å². The summed E-state index contributed by atoms with van der Waals surface area (Å²) < 4.78 is 0. The molecule has 0 atom stereocenters. The lowest BCUT2D eigenvalue weighted by Gasteiger charge is -2.09. The van der Waals surface area contributed by atoms with E-state index in [-0.39, 0.29) is 0 Å². The number of aromatic nitrogens is 1. The van der Waals surface area contributed by atoms with Gasteiger partial charge >= 0.3 is 0 Å². The molecular formula is C13H9Cl2N3. The maximum absolute atomic E-state index is 8.68. The van der Waals surface area contributed by atoms with Crippen molar-refractivity contribution in [3.05, 3.63) is 51.6 Å². The van der Waals surface area contributed by atoms with Crippen molar-refractivity contribution in [3.8, 4) is 6.07 Å². The Hall–Kier alpha value is -1.76. The van der Waals surface area contributed by atoms with Crippen LogP contribution in [0.1, 0.15) is 11.1 Å². The molecule has 0 aliphatic carbocycles. The Morgan fingerprint density at radius 1 is 1.22 bits per heavy atom. The van der Waals surface area contributed by atoms with E-state index in [9.17, 15) is 0 Å². The highest BCUT2D eigenvalue weighted by Crippen LogP contribution is 2.30. The molecule has 0 unspecified atom stereocenters. The first kappa shape index (κ1) is 12.7. The van der Waals surface area contributed by atoms with Gasteiger partial charge in [0.2, 0.25) is 0 Å². The number of nitriles is 1. The number of hydrogen-bond acceptors (Lipinski definition) is 3. The number of halogens is 2. The van der Waals surface area contributed by atoms with Crippen molar-refractivity contribution in [2.45, 2.75) is 6.92 Å². The third kappa shape index (κ3) is 2.73. The van der Waals surface area contributed by atoms with Crippen LogP contribution in [0.2, 0.25) is 10.0 Å². The van der Waals surface area contributed by atoms with Crippen LogP contribution in [-0.2, 0) is 0 Å². The molecule has 0 aliphatic heterocycles. The smallest absolute Gasteiger partial charge is 0.130 e. The molecule has 18 heavy (non-hydrogen) atoms. The topological polar surface area (TPSA) is 48.7 Å². The summed E-state index contributed by atoms with van der Waals surface area (Å²) in [4.78, 5) is 4.10. The molecule has 1 aromatic carbocycles. The van der Waals surface area contributed by atoms with Crippen LogP contribution >= 0.6 is 23.2 Å². The van der Waals surface area contributed by atoms with Crippen LogP contribution < -0.4 is 5.32 Å².